The van der Waals surface area contributed by atoms with E-state index in [1.165, 1.54) is 0 Å². The number of aliphatic hydroxyl groups excluding tert-OH is 2. The highest BCUT2D eigenvalue weighted by Crippen LogP contribution is 2.00. The molecule has 9 heavy (non-hydrogen) atoms. The first-order chi connectivity index (χ1) is 4.18. The SMILES string of the molecule is CC(C)C(O)C=CCO. The molecule has 0 amide bonds. The van der Waals surface area contributed by atoms with Gasteiger partial charge in [-0.3, -0.25) is 0 Å². The fourth-order valence-corrected chi connectivity index (χ4v) is 0.423. The van der Waals surface area contributed by atoms with Crippen LogP contribution in [0, 0.1) is 5.92 Å². The number of hydrogen-bond acceptors (Lipinski definition) is 2. The zero-order valence-corrected chi connectivity index (χ0v) is 5.91. The molecule has 0 spiro atoms. The van der Waals surface area contributed by atoms with Gasteiger partial charge in [-0.2, -0.15) is 0 Å². The largest absolute Gasteiger partial charge is 0.392 e. The lowest BCUT2D eigenvalue weighted by atomic mass is 10.1. The van der Waals surface area contributed by atoms with Crippen LogP contribution in [0.25, 0.3) is 0 Å². The fourth-order valence-electron chi connectivity index (χ4n) is 0.423. The van der Waals surface area contributed by atoms with E-state index in [0.717, 1.165) is 0 Å². The van der Waals surface area contributed by atoms with Crippen molar-refractivity contribution in [2.75, 3.05) is 6.61 Å². The van der Waals surface area contributed by atoms with Gasteiger partial charge in [0, 0.05) is 0 Å². The number of rotatable bonds is 3. The Morgan fingerprint density at radius 2 is 2.00 bits per heavy atom. The Morgan fingerprint density at radius 1 is 1.44 bits per heavy atom. The lowest BCUT2D eigenvalue weighted by molar-refractivity contribution is 0.171. The molecule has 0 aromatic rings. The van der Waals surface area contributed by atoms with Crippen LogP contribution in [0.3, 0.4) is 0 Å². The van der Waals surface area contributed by atoms with Crippen LogP contribution in [-0.4, -0.2) is 22.9 Å². The quantitative estimate of drug-likeness (QED) is 0.548. The molecule has 1 unspecified atom stereocenters. The molecule has 1 atom stereocenters. The molecule has 0 aromatic carbocycles. The zero-order chi connectivity index (χ0) is 7.28. The monoisotopic (exact) mass is 130 g/mol. The average molecular weight is 130 g/mol. The third kappa shape index (κ3) is 4.18. The van der Waals surface area contributed by atoms with Crippen molar-refractivity contribution in [2.24, 2.45) is 5.92 Å². The fraction of sp³-hybridized carbons (Fsp3) is 0.714. The van der Waals surface area contributed by atoms with Crippen molar-refractivity contribution in [1.82, 2.24) is 0 Å². The standard InChI is InChI=1S/C7H14O2/c1-6(2)7(9)4-3-5-8/h3-4,6-9H,5H2,1-2H3. The van der Waals surface area contributed by atoms with Crippen LogP contribution in [0.4, 0.5) is 0 Å². The maximum absolute atomic E-state index is 9.06. The van der Waals surface area contributed by atoms with Crippen molar-refractivity contribution in [3.63, 3.8) is 0 Å². The third-order valence-electron chi connectivity index (χ3n) is 1.12. The Labute approximate surface area is 55.8 Å². The Hall–Kier alpha value is -0.340. The van der Waals surface area contributed by atoms with E-state index >= 15 is 0 Å². The molecule has 0 rings (SSSR count). The minimum Gasteiger partial charge on any atom is -0.392 e. The highest BCUT2D eigenvalue weighted by Gasteiger charge is 2.02. The summed E-state index contributed by atoms with van der Waals surface area (Å²) in [5, 5.41) is 17.4. The summed E-state index contributed by atoms with van der Waals surface area (Å²) in [5.41, 5.74) is 0. The van der Waals surface area contributed by atoms with Gasteiger partial charge in [0.1, 0.15) is 0 Å². The molecule has 0 aromatic heterocycles. The van der Waals surface area contributed by atoms with Crippen LogP contribution in [0.2, 0.25) is 0 Å². The second-order valence-corrected chi connectivity index (χ2v) is 2.35. The van der Waals surface area contributed by atoms with Crippen LogP contribution < -0.4 is 0 Å². The Morgan fingerprint density at radius 3 is 2.33 bits per heavy atom. The van der Waals surface area contributed by atoms with Crippen LogP contribution in [-0.2, 0) is 0 Å². The van der Waals surface area contributed by atoms with Gasteiger partial charge in [-0.25, -0.2) is 0 Å². The van der Waals surface area contributed by atoms with E-state index in [2.05, 4.69) is 0 Å². The molecular weight excluding hydrogens is 116 g/mol. The van der Waals surface area contributed by atoms with E-state index in [4.69, 9.17) is 10.2 Å². The van der Waals surface area contributed by atoms with Crippen LogP contribution in [0.15, 0.2) is 12.2 Å². The van der Waals surface area contributed by atoms with E-state index in [-0.39, 0.29) is 12.5 Å². The van der Waals surface area contributed by atoms with Gasteiger partial charge in [-0.05, 0) is 5.92 Å². The summed E-state index contributed by atoms with van der Waals surface area (Å²) in [6.07, 6.45) is 2.73. The molecule has 54 valence electrons. The summed E-state index contributed by atoms with van der Waals surface area (Å²) in [4.78, 5) is 0. The molecule has 0 fully saturated rings. The van der Waals surface area contributed by atoms with E-state index < -0.39 is 6.10 Å². The maximum atomic E-state index is 9.06. The molecule has 0 heterocycles. The Balaban J connectivity index is 3.48. The highest BCUT2D eigenvalue weighted by atomic mass is 16.3. The summed E-state index contributed by atoms with van der Waals surface area (Å²) < 4.78 is 0. The highest BCUT2D eigenvalue weighted by molar-refractivity contribution is 4.89. The van der Waals surface area contributed by atoms with Crippen LogP contribution in [0.5, 0.6) is 0 Å². The smallest absolute Gasteiger partial charge is 0.0744 e. The van der Waals surface area contributed by atoms with E-state index in [0.29, 0.717) is 0 Å². The molecule has 0 radical (unpaired) electrons. The lowest BCUT2D eigenvalue weighted by Gasteiger charge is -2.07. The second-order valence-electron chi connectivity index (χ2n) is 2.35. The van der Waals surface area contributed by atoms with Gasteiger partial charge >= 0.3 is 0 Å². The normalized spacial score (nSPS) is 15.2. The molecule has 0 saturated carbocycles. The summed E-state index contributed by atoms with van der Waals surface area (Å²) in [7, 11) is 0. The van der Waals surface area contributed by atoms with Crippen molar-refractivity contribution < 1.29 is 10.2 Å². The van der Waals surface area contributed by atoms with E-state index in [1.54, 1.807) is 12.2 Å². The predicted molar refractivity (Wildman–Crippen MR) is 37.1 cm³/mol. The van der Waals surface area contributed by atoms with E-state index in [9.17, 15) is 0 Å². The summed E-state index contributed by atoms with van der Waals surface area (Å²) in [6.45, 7) is 3.85. The van der Waals surface area contributed by atoms with Crippen molar-refractivity contribution in [3.8, 4) is 0 Å². The van der Waals surface area contributed by atoms with Gasteiger partial charge in [0.25, 0.3) is 0 Å². The summed E-state index contributed by atoms with van der Waals surface area (Å²) in [6, 6.07) is 0. The zero-order valence-electron chi connectivity index (χ0n) is 5.91. The van der Waals surface area contributed by atoms with Gasteiger partial charge in [0.15, 0.2) is 0 Å². The van der Waals surface area contributed by atoms with Gasteiger partial charge in [-0.15, -0.1) is 0 Å². The molecule has 2 heteroatoms. The van der Waals surface area contributed by atoms with Crippen molar-refractivity contribution >= 4 is 0 Å². The molecule has 0 saturated heterocycles. The second kappa shape index (κ2) is 4.53. The predicted octanol–water partition coefficient (Wildman–Crippen LogP) is 0.552. The lowest BCUT2D eigenvalue weighted by Crippen LogP contribution is -2.10. The third-order valence-corrected chi connectivity index (χ3v) is 1.12. The van der Waals surface area contributed by atoms with Gasteiger partial charge in [-0.1, -0.05) is 26.0 Å². The molecule has 2 N–H and O–H groups in total. The number of aliphatic hydroxyl groups is 2. The first kappa shape index (κ1) is 8.66. The molecule has 2 nitrogen and oxygen atoms in total. The van der Waals surface area contributed by atoms with Crippen LogP contribution >= 0.6 is 0 Å². The molecular formula is C7H14O2. The number of hydrogen-bond donors (Lipinski definition) is 2. The summed E-state index contributed by atoms with van der Waals surface area (Å²) in [5.74, 6) is 0.229. The van der Waals surface area contributed by atoms with Crippen molar-refractivity contribution in [2.45, 2.75) is 20.0 Å². The Kier molecular flexibility index (Phi) is 4.36. The van der Waals surface area contributed by atoms with E-state index in [1.807, 2.05) is 13.8 Å². The summed E-state index contributed by atoms with van der Waals surface area (Å²) >= 11 is 0. The maximum Gasteiger partial charge on any atom is 0.0744 e. The topological polar surface area (TPSA) is 40.5 Å². The van der Waals surface area contributed by atoms with Gasteiger partial charge in [0.2, 0.25) is 0 Å². The van der Waals surface area contributed by atoms with Gasteiger partial charge < -0.3 is 10.2 Å². The molecule has 0 aliphatic rings. The molecule has 0 bridgehead atoms. The first-order valence-electron chi connectivity index (χ1n) is 3.14. The average Bonchev–Trinajstić information content (AvgIpc) is 1.82. The first-order valence-corrected chi connectivity index (χ1v) is 3.14. The molecule has 0 aliphatic heterocycles. The minimum absolute atomic E-state index is 0.00375. The van der Waals surface area contributed by atoms with Crippen molar-refractivity contribution in [3.05, 3.63) is 12.2 Å². The minimum atomic E-state index is -0.419. The van der Waals surface area contributed by atoms with Crippen LogP contribution in [0.1, 0.15) is 13.8 Å². The van der Waals surface area contributed by atoms with Gasteiger partial charge in [0.05, 0.1) is 12.7 Å². The van der Waals surface area contributed by atoms with Crippen molar-refractivity contribution in [1.29, 1.82) is 0 Å². The molecule has 0 aliphatic carbocycles. The Bertz CT molecular complexity index is 86.9.